The molecule has 17 heavy (non-hydrogen) atoms. The van der Waals surface area contributed by atoms with Crippen molar-refractivity contribution in [2.45, 2.75) is 47.0 Å². The number of hydrogen-bond acceptors (Lipinski definition) is 3. The van der Waals surface area contributed by atoms with Gasteiger partial charge in [0, 0.05) is 5.41 Å². The van der Waals surface area contributed by atoms with Crippen molar-refractivity contribution in [3.63, 3.8) is 0 Å². The Balaban J connectivity index is 2.41. The first-order valence-electron chi connectivity index (χ1n) is 6.47. The number of oxime groups is 1. The minimum absolute atomic E-state index is 0.118. The molecular weight excluding hydrogens is 214 g/mol. The van der Waals surface area contributed by atoms with E-state index in [2.05, 4.69) is 37.8 Å². The Morgan fingerprint density at radius 1 is 1.35 bits per heavy atom. The maximum atomic E-state index is 8.78. The molecule has 1 rings (SSSR count). The molecule has 100 valence electrons. The molecule has 0 aromatic carbocycles. The van der Waals surface area contributed by atoms with Crippen molar-refractivity contribution >= 4 is 5.84 Å². The molecular formula is C13H27N3O. The van der Waals surface area contributed by atoms with Gasteiger partial charge < -0.3 is 15.8 Å². The summed E-state index contributed by atoms with van der Waals surface area (Å²) in [7, 11) is 0. The van der Waals surface area contributed by atoms with Crippen LogP contribution < -0.4 is 5.73 Å². The molecule has 4 heteroatoms. The van der Waals surface area contributed by atoms with Gasteiger partial charge in [-0.25, -0.2) is 0 Å². The standard InChI is InChI=1S/C13H27N3O/c1-12(2,3)5-8-16-9-6-13(4,7-10-16)11(14)15-17/h17H,5-10H2,1-4H3,(H2,14,15). The summed E-state index contributed by atoms with van der Waals surface area (Å²) in [5.41, 5.74) is 6.03. The van der Waals surface area contributed by atoms with Crippen LogP contribution in [-0.2, 0) is 0 Å². The highest BCUT2D eigenvalue weighted by molar-refractivity contribution is 5.85. The van der Waals surface area contributed by atoms with Gasteiger partial charge in [0.2, 0.25) is 0 Å². The summed E-state index contributed by atoms with van der Waals surface area (Å²) in [5, 5.41) is 11.9. The molecule has 1 aliphatic heterocycles. The predicted octanol–water partition coefficient (Wildman–Crippen LogP) is 2.27. The fourth-order valence-electron chi connectivity index (χ4n) is 2.14. The lowest BCUT2D eigenvalue weighted by Gasteiger charge is -2.39. The van der Waals surface area contributed by atoms with E-state index in [1.807, 2.05) is 0 Å². The molecule has 0 radical (unpaired) electrons. The van der Waals surface area contributed by atoms with Crippen molar-refractivity contribution in [1.29, 1.82) is 0 Å². The quantitative estimate of drug-likeness (QED) is 0.345. The summed E-state index contributed by atoms with van der Waals surface area (Å²) in [6.45, 7) is 12.1. The first-order valence-corrected chi connectivity index (χ1v) is 6.47. The molecule has 1 aliphatic rings. The summed E-state index contributed by atoms with van der Waals surface area (Å²) < 4.78 is 0. The second-order valence-electron chi connectivity index (χ2n) is 6.70. The number of nitrogens with two attached hydrogens (primary N) is 1. The van der Waals surface area contributed by atoms with Crippen molar-refractivity contribution in [3.05, 3.63) is 0 Å². The van der Waals surface area contributed by atoms with Gasteiger partial charge in [0.1, 0.15) is 5.84 Å². The fraction of sp³-hybridized carbons (Fsp3) is 0.923. The van der Waals surface area contributed by atoms with Gasteiger partial charge in [-0.3, -0.25) is 0 Å². The molecule has 3 N–H and O–H groups in total. The van der Waals surface area contributed by atoms with E-state index >= 15 is 0 Å². The SMILES string of the molecule is CC(C)(C)CCN1CCC(C)(C(N)=NO)CC1. The van der Waals surface area contributed by atoms with Gasteiger partial charge in [0.15, 0.2) is 0 Å². The molecule has 1 saturated heterocycles. The molecule has 0 unspecified atom stereocenters. The van der Waals surface area contributed by atoms with Crippen molar-refractivity contribution in [2.24, 2.45) is 21.7 Å². The molecule has 0 aromatic rings. The summed E-state index contributed by atoms with van der Waals surface area (Å²) in [6.07, 6.45) is 3.17. The van der Waals surface area contributed by atoms with Crippen molar-refractivity contribution in [1.82, 2.24) is 4.90 Å². The highest BCUT2D eigenvalue weighted by Crippen LogP contribution is 2.31. The predicted molar refractivity (Wildman–Crippen MR) is 71.3 cm³/mol. The first kappa shape index (κ1) is 14.3. The van der Waals surface area contributed by atoms with Gasteiger partial charge in [-0.2, -0.15) is 0 Å². The molecule has 1 heterocycles. The second kappa shape index (κ2) is 5.25. The Morgan fingerprint density at radius 2 is 1.88 bits per heavy atom. The number of piperidine rings is 1. The fourth-order valence-corrected chi connectivity index (χ4v) is 2.14. The van der Waals surface area contributed by atoms with Gasteiger partial charge in [0.25, 0.3) is 0 Å². The summed E-state index contributed by atoms with van der Waals surface area (Å²) >= 11 is 0. The van der Waals surface area contributed by atoms with Crippen molar-refractivity contribution in [2.75, 3.05) is 19.6 Å². The monoisotopic (exact) mass is 241 g/mol. The first-order chi connectivity index (χ1) is 7.77. The second-order valence-corrected chi connectivity index (χ2v) is 6.70. The van der Waals surface area contributed by atoms with E-state index in [4.69, 9.17) is 10.9 Å². The maximum absolute atomic E-state index is 8.78. The van der Waals surface area contributed by atoms with Gasteiger partial charge in [-0.05, 0) is 44.3 Å². The van der Waals surface area contributed by atoms with Crippen LogP contribution in [0.1, 0.15) is 47.0 Å². The Hall–Kier alpha value is -0.770. The highest BCUT2D eigenvalue weighted by atomic mass is 16.4. The number of nitrogens with zero attached hydrogens (tertiary/aromatic N) is 2. The van der Waals surface area contributed by atoms with E-state index in [-0.39, 0.29) is 5.41 Å². The Bertz CT molecular complexity index is 273. The molecule has 4 nitrogen and oxygen atoms in total. The number of amidine groups is 1. The van der Waals surface area contributed by atoms with E-state index in [1.165, 1.54) is 6.42 Å². The molecule has 0 spiro atoms. The van der Waals surface area contributed by atoms with E-state index in [0.29, 0.717) is 11.3 Å². The molecule has 0 atom stereocenters. The molecule has 0 bridgehead atoms. The van der Waals surface area contributed by atoms with Crippen LogP contribution >= 0.6 is 0 Å². The van der Waals surface area contributed by atoms with Gasteiger partial charge in [0.05, 0.1) is 0 Å². The van der Waals surface area contributed by atoms with E-state index in [0.717, 1.165) is 32.5 Å². The third-order valence-electron chi connectivity index (χ3n) is 3.86. The minimum Gasteiger partial charge on any atom is -0.409 e. The van der Waals surface area contributed by atoms with E-state index in [9.17, 15) is 0 Å². The normalized spacial score (nSPS) is 22.7. The van der Waals surface area contributed by atoms with Crippen LogP contribution in [0.25, 0.3) is 0 Å². The van der Waals surface area contributed by atoms with Crippen LogP contribution in [0.3, 0.4) is 0 Å². The molecule has 0 aromatic heterocycles. The van der Waals surface area contributed by atoms with Crippen LogP contribution in [-0.4, -0.2) is 35.6 Å². The van der Waals surface area contributed by atoms with Crippen LogP contribution in [0.5, 0.6) is 0 Å². The summed E-state index contributed by atoms with van der Waals surface area (Å²) in [4.78, 5) is 2.48. The number of rotatable bonds is 3. The van der Waals surface area contributed by atoms with E-state index in [1.54, 1.807) is 0 Å². The Kier molecular flexibility index (Phi) is 4.42. The van der Waals surface area contributed by atoms with Gasteiger partial charge in [-0.1, -0.05) is 32.9 Å². The third-order valence-corrected chi connectivity index (χ3v) is 3.86. The zero-order valence-electron chi connectivity index (χ0n) is 11.7. The smallest absolute Gasteiger partial charge is 0.145 e. The van der Waals surface area contributed by atoms with Gasteiger partial charge in [-0.15, -0.1) is 0 Å². The van der Waals surface area contributed by atoms with Crippen molar-refractivity contribution in [3.8, 4) is 0 Å². The van der Waals surface area contributed by atoms with Gasteiger partial charge >= 0.3 is 0 Å². The van der Waals surface area contributed by atoms with Crippen LogP contribution in [0.2, 0.25) is 0 Å². The Labute approximate surface area is 105 Å². The average Bonchev–Trinajstić information content (AvgIpc) is 2.26. The van der Waals surface area contributed by atoms with E-state index < -0.39 is 0 Å². The number of likely N-dealkylation sites (tertiary alicyclic amines) is 1. The molecule has 0 saturated carbocycles. The largest absolute Gasteiger partial charge is 0.409 e. The maximum Gasteiger partial charge on any atom is 0.145 e. The molecule has 1 fully saturated rings. The lowest BCUT2D eigenvalue weighted by Crippen LogP contribution is -2.46. The topological polar surface area (TPSA) is 61.8 Å². The average molecular weight is 241 g/mol. The van der Waals surface area contributed by atoms with Crippen LogP contribution in [0.15, 0.2) is 5.16 Å². The third kappa shape index (κ3) is 4.19. The van der Waals surface area contributed by atoms with Crippen molar-refractivity contribution < 1.29 is 5.21 Å². The zero-order valence-corrected chi connectivity index (χ0v) is 11.7. The summed E-state index contributed by atoms with van der Waals surface area (Å²) in [6, 6.07) is 0. The lowest BCUT2D eigenvalue weighted by molar-refractivity contribution is 0.143. The lowest BCUT2D eigenvalue weighted by atomic mass is 9.79. The zero-order chi connectivity index (χ0) is 13.1. The highest BCUT2D eigenvalue weighted by Gasteiger charge is 2.34. The summed E-state index contributed by atoms with van der Waals surface area (Å²) in [5.74, 6) is 0.382. The van der Waals surface area contributed by atoms with Crippen LogP contribution in [0.4, 0.5) is 0 Å². The van der Waals surface area contributed by atoms with Crippen LogP contribution in [0, 0.1) is 10.8 Å². The molecule has 0 amide bonds. The minimum atomic E-state index is -0.118. The number of hydrogen-bond donors (Lipinski definition) is 2. The molecule has 0 aliphatic carbocycles. The Morgan fingerprint density at radius 3 is 2.29 bits per heavy atom.